The number of fused-ring (bicyclic) bond motifs is 5. The minimum atomic E-state index is -0.752. The van der Waals surface area contributed by atoms with Crippen molar-refractivity contribution in [3.63, 3.8) is 0 Å². The first-order valence-electron chi connectivity index (χ1n) is 17.3. The van der Waals surface area contributed by atoms with Crippen LogP contribution in [0.3, 0.4) is 0 Å². The van der Waals surface area contributed by atoms with Crippen LogP contribution in [0.25, 0.3) is 22.7 Å². The molecule has 5 heterocycles. The van der Waals surface area contributed by atoms with Gasteiger partial charge in [-0.15, -0.1) is 0 Å². The van der Waals surface area contributed by atoms with E-state index in [1.165, 1.54) is 5.56 Å². The Labute approximate surface area is 294 Å². The van der Waals surface area contributed by atoms with Gasteiger partial charge < -0.3 is 13.9 Å². The molecule has 6 aromatic rings. The summed E-state index contributed by atoms with van der Waals surface area (Å²) in [6.45, 7) is 0.731. The molecule has 0 spiro atoms. The number of hydrogen-bond donors (Lipinski definition) is 1. The zero-order chi connectivity index (χ0) is 33.9. The summed E-state index contributed by atoms with van der Waals surface area (Å²) in [6, 6.07) is 39.4. The monoisotopic (exact) mass is 668 g/mol. The molecule has 0 aliphatic carbocycles. The largest absolute Gasteiger partial charge is 0.478 e. The molecule has 0 saturated heterocycles. The summed E-state index contributed by atoms with van der Waals surface area (Å²) in [7, 11) is 0. The Morgan fingerprint density at radius 3 is 2.55 bits per heavy atom. The molecule has 0 fully saturated rings. The van der Waals surface area contributed by atoms with Crippen LogP contribution in [0.4, 0.5) is 11.4 Å². The van der Waals surface area contributed by atoms with Gasteiger partial charge in [-0.05, 0) is 59.5 Å². The van der Waals surface area contributed by atoms with E-state index in [1.807, 2.05) is 72.8 Å². The fourth-order valence-electron chi connectivity index (χ4n) is 7.71. The van der Waals surface area contributed by atoms with Crippen molar-refractivity contribution in [1.82, 2.24) is 5.43 Å². The van der Waals surface area contributed by atoms with Crippen LogP contribution in [0.2, 0.25) is 0 Å². The molecule has 8 nitrogen and oxygen atoms in total. The molecular weight excluding hydrogens is 636 g/mol. The second kappa shape index (κ2) is 12.0. The SMILES string of the molecule is O=c1cc(C2OC(C3C=Cc4ccccc4O3)=C(N3NCCc4ccccc43)c3c(C4Cc5ccccc5N=N4)cccc32)oc2ccccc12. The van der Waals surface area contributed by atoms with Gasteiger partial charge >= 0.3 is 0 Å². The zero-order valence-electron chi connectivity index (χ0n) is 27.5. The normalized spacial score (nSPS) is 20.2. The van der Waals surface area contributed by atoms with Crippen molar-refractivity contribution in [3.05, 3.63) is 183 Å². The van der Waals surface area contributed by atoms with Crippen molar-refractivity contribution < 1.29 is 13.9 Å². The van der Waals surface area contributed by atoms with Crippen molar-refractivity contribution in [1.29, 1.82) is 0 Å². The van der Waals surface area contributed by atoms with Gasteiger partial charge in [0.1, 0.15) is 23.1 Å². The average molecular weight is 669 g/mol. The van der Waals surface area contributed by atoms with Crippen LogP contribution in [-0.2, 0) is 17.6 Å². The molecule has 1 aromatic heterocycles. The Morgan fingerprint density at radius 2 is 1.59 bits per heavy atom. The van der Waals surface area contributed by atoms with Gasteiger partial charge in [-0.25, -0.2) is 5.43 Å². The molecule has 0 saturated carbocycles. The van der Waals surface area contributed by atoms with Crippen LogP contribution >= 0.6 is 0 Å². The molecule has 51 heavy (non-hydrogen) atoms. The van der Waals surface area contributed by atoms with Gasteiger partial charge in [0.15, 0.2) is 29.2 Å². The van der Waals surface area contributed by atoms with E-state index in [-0.39, 0.29) is 11.5 Å². The summed E-state index contributed by atoms with van der Waals surface area (Å²) in [4.78, 5) is 13.5. The molecule has 1 N–H and O–H groups in total. The summed E-state index contributed by atoms with van der Waals surface area (Å²) in [5.41, 5.74) is 13.0. The van der Waals surface area contributed by atoms with E-state index in [2.05, 4.69) is 64.1 Å². The molecule has 0 amide bonds. The van der Waals surface area contributed by atoms with Crippen molar-refractivity contribution in [2.45, 2.75) is 31.1 Å². The Bertz CT molecular complexity index is 2520. The summed E-state index contributed by atoms with van der Waals surface area (Å²) in [5, 5.41) is 12.2. The van der Waals surface area contributed by atoms with Gasteiger partial charge in [-0.3, -0.25) is 9.80 Å². The van der Waals surface area contributed by atoms with E-state index in [9.17, 15) is 4.79 Å². The predicted octanol–water partition coefficient (Wildman–Crippen LogP) is 9.00. The number of nitrogens with one attached hydrogen (secondary N) is 1. The lowest BCUT2D eigenvalue weighted by Crippen LogP contribution is -2.45. The van der Waals surface area contributed by atoms with Crippen LogP contribution in [0.1, 0.15) is 51.3 Å². The number of rotatable bonds is 4. The molecule has 4 aliphatic heterocycles. The Balaban J connectivity index is 1.24. The van der Waals surface area contributed by atoms with Gasteiger partial charge in [-0.1, -0.05) is 91.0 Å². The molecule has 5 aromatic carbocycles. The number of para-hydroxylation sites is 3. The quantitative estimate of drug-likeness (QED) is 0.202. The number of ether oxygens (including phenoxy) is 2. The first-order chi connectivity index (χ1) is 25.2. The highest BCUT2D eigenvalue weighted by atomic mass is 16.5. The number of nitrogens with zero attached hydrogens (tertiary/aromatic N) is 3. The van der Waals surface area contributed by atoms with Crippen LogP contribution in [0.5, 0.6) is 5.75 Å². The van der Waals surface area contributed by atoms with Gasteiger partial charge in [-0.2, -0.15) is 10.2 Å². The average Bonchev–Trinajstić information content (AvgIpc) is 3.19. The summed E-state index contributed by atoms with van der Waals surface area (Å²) in [5.74, 6) is 1.77. The Kier molecular flexibility index (Phi) is 6.95. The topological polar surface area (TPSA) is 88.7 Å². The van der Waals surface area contributed by atoms with Crippen molar-refractivity contribution >= 4 is 34.1 Å². The molecule has 3 unspecified atom stereocenters. The fourth-order valence-corrected chi connectivity index (χ4v) is 7.71. The number of hydrogen-bond acceptors (Lipinski definition) is 8. The van der Waals surface area contributed by atoms with E-state index in [4.69, 9.17) is 19.0 Å². The molecule has 8 heteroatoms. The van der Waals surface area contributed by atoms with E-state index >= 15 is 0 Å². The van der Waals surface area contributed by atoms with Gasteiger partial charge in [0.25, 0.3) is 0 Å². The van der Waals surface area contributed by atoms with Gasteiger partial charge in [0.05, 0.1) is 16.8 Å². The number of hydrazine groups is 1. The third kappa shape index (κ3) is 4.98. The van der Waals surface area contributed by atoms with Crippen LogP contribution in [0, 0.1) is 0 Å². The third-order valence-electron chi connectivity index (χ3n) is 10.1. The fraction of sp³-hybridized carbons (Fsp3) is 0.140. The van der Waals surface area contributed by atoms with Gasteiger partial charge in [0, 0.05) is 35.7 Å². The van der Waals surface area contributed by atoms with Crippen LogP contribution in [-0.4, -0.2) is 12.6 Å². The maximum absolute atomic E-state index is 13.5. The Morgan fingerprint density at radius 1 is 0.784 bits per heavy atom. The number of anilines is 1. The second-order valence-corrected chi connectivity index (χ2v) is 13.2. The van der Waals surface area contributed by atoms with Crippen molar-refractivity contribution in [2.75, 3.05) is 11.6 Å². The highest BCUT2D eigenvalue weighted by molar-refractivity contribution is 5.87. The van der Waals surface area contributed by atoms with Crippen LogP contribution in [0.15, 0.2) is 153 Å². The van der Waals surface area contributed by atoms with E-state index in [0.717, 1.165) is 63.6 Å². The lowest BCUT2D eigenvalue weighted by atomic mass is 9.84. The van der Waals surface area contributed by atoms with E-state index < -0.39 is 12.2 Å². The van der Waals surface area contributed by atoms with Crippen LogP contribution < -0.4 is 20.6 Å². The lowest BCUT2D eigenvalue weighted by Gasteiger charge is -2.41. The first kappa shape index (κ1) is 29.6. The number of benzene rings is 5. The minimum Gasteiger partial charge on any atom is -0.478 e. The predicted molar refractivity (Wildman–Crippen MR) is 197 cm³/mol. The van der Waals surface area contributed by atoms with Crippen molar-refractivity contribution in [3.8, 4) is 5.75 Å². The van der Waals surface area contributed by atoms with Gasteiger partial charge in [0.2, 0.25) is 0 Å². The molecule has 10 rings (SSSR count). The van der Waals surface area contributed by atoms with E-state index in [1.54, 1.807) is 12.1 Å². The molecule has 0 radical (unpaired) electrons. The van der Waals surface area contributed by atoms with E-state index in [0.29, 0.717) is 28.9 Å². The molecular formula is C43H32N4O4. The second-order valence-electron chi connectivity index (χ2n) is 13.2. The third-order valence-corrected chi connectivity index (χ3v) is 10.1. The summed E-state index contributed by atoms with van der Waals surface area (Å²) < 4.78 is 20.4. The smallest absolute Gasteiger partial charge is 0.193 e. The maximum atomic E-state index is 13.5. The number of azo groups is 1. The summed E-state index contributed by atoms with van der Waals surface area (Å²) >= 11 is 0. The molecule has 0 bridgehead atoms. The molecule has 248 valence electrons. The lowest BCUT2D eigenvalue weighted by molar-refractivity contribution is 0.0816. The first-order valence-corrected chi connectivity index (χ1v) is 17.3. The summed E-state index contributed by atoms with van der Waals surface area (Å²) in [6.07, 6.45) is 4.34. The Hall–Kier alpha value is -6.25. The molecule has 4 aliphatic rings. The molecule has 3 atom stereocenters. The highest BCUT2D eigenvalue weighted by Crippen LogP contribution is 2.49. The minimum absolute atomic E-state index is 0.128. The van der Waals surface area contributed by atoms with Crippen molar-refractivity contribution in [2.24, 2.45) is 10.2 Å². The maximum Gasteiger partial charge on any atom is 0.193 e. The highest BCUT2D eigenvalue weighted by Gasteiger charge is 2.41. The zero-order valence-corrected chi connectivity index (χ0v) is 27.5. The standard InChI is InChI=1S/C43H32N4O4/c48-35-25-39(50-37-19-8-4-13-30(35)37)42-31-15-9-14-29(33-24-28-12-1-5-16-32(28)45-46-33)40(31)41(47-34-17-6-2-10-26(34)22-23-44-47)43(51-42)38-21-20-27-11-3-7-18-36(27)49-38/h1-21,25,33,38,42,44H,22-24H2.